The largest absolute Gasteiger partial charge is 0.494 e. The lowest BCUT2D eigenvalue weighted by Crippen LogP contribution is -2.16. The Morgan fingerprint density at radius 2 is 1.14 bits per heavy atom. The maximum atomic E-state index is 12.4. The highest BCUT2D eigenvalue weighted by atomic mass is 16.5. The number of rotatable bonds is 3. The Balaban J connectivity index is 0.000000197. The molecule has 0 saturated heterocycles. The van der Waals surface area contributed by atoms with Crippen molar-refractivity contribution >= 4 is 5.97 Å². The average Bonchev–Trinajstić information content (AvgIpc) is 3.92. The zero-order chi connectivity index (χ0) is 51.9. The Bertz CT molecular complexity index is 3140. The zero-order valence-corrected chi connectivity index (χ0v) is 44.2. The lowest BCUT2D eigenvalue weighted by molar-refractivity contribution is 0.0600. The molecule has 8 bridgehead atoms. The predicted molar refractivity (Wildman–Crippen MR) is 298 cm³/mol. The summed E-state index contributed by atoms with van der Waals surface area (Å²) in [4.78, 5) is 22.2. The third-order valence-electron chi connectivity index (χ3n) is 13.0. The zero-order valence-electron chi connectivity index (χ0n) is 44.2. The molecule has 0 aliphatic carbocycles. The minimum absolute atomic E-state index is 0.00677. The predicted octanol–water partition coefficient (Wildman–Crippen LogP) is 14.8. The maximum absolute atomic E-state index is 12.4. The molecule has 0 amide bonds. The van der Waals surface area contributed by atoms with Crippen molar-refractivity contribution in [3.8, 4) is 62.9 Å². The van der Waals surface area contributed by atoms with Gasteiger partial charge in [-0.2, -0.15) is 0 Å². The molecule has 12 rings (SSSR count). The highest BCUT2D eigenvalue weighted by Gasteiger charge is 2.22. The van der Waals surface area contributed by atoms with Crippen LogP contribution in [0, 0.1) is 11.8 Å². The van der Waals surface area contributed by atoms with E-state index in [2.05, 4.69) is 143 Å². The summed E-state index contributed by atoms with van der Waals surface area (Å²) in [6.07, 6.45) is 12.0. The third kappa shape index (κ3) is 14.9. The van der Waals surface area contributed by atoms with E-state index in [9.17, 15) is 4.79 Å². The van der Waals surface area contributed by atoms with Crippen LogP contribution in [0.3, 0.4) is 0 Å². The van der Waals surface area contributed by atoms with Gasteiger partial charge in [0.05, 0.1) is 54.9 Å². The van der Waals surface area contributed by atoms with E-state index in [1.54, 1.807) is 16.8 Å². The summed E-state index contributed by atoms with van der Waals surface area (Å²) in [5.74, 6) is 7.75. The molecule has 7 heterocycles. The van der Waals surface area contributed by atoms with Crippen LogP contribution >= 0.6 is 0 Å². The minimum atomic E-state index is -0.433. The summed E-state index contributed by atoms with van der Waals surface area (Å²) in [7, 11) is 1.37. The number of nitrogens with zero attached hydrogens (tertiary/aromatic N) is 5. The number of benzene rings is 5. The summed E-state index contributed by atoms with van der Waals surface area (Å²) >= 11 is 0. The van der Waals surface area contributed by atoms with Crippen molar-refractivity contribution in [2.24, 2.45) is 0 Å². The van der Waals surface area contributed by atoms with Crippen LogP contribution in [0.15, 0.2) is 158 Å². The van der Waals surface area contributed by atoms with Crippen LogP contribution in [-0.4, -0.2) is 51.3 Å². The average molecular weight is 984 g/mol. The fourth-order valence-corrected chi connectivity index (χ4v) is 8.62. The first kappa shape index (κ1) is 52.5. The van der Waals surface area contributed by atoms with Crippen LogP contribution < -0.4 is 9.47 Å². The quantitative estimate of drug-likeness (QED) is 0.127. The van der Waals surface area contributed by atoms with Gasteiger partial charge in [0.2, 0.25) is 0 Å². The molecule has 378 valence electrons. The molecule has 9 nitrogen and oxygen atoms in total. The number of aromatic nitrogens is 5. The molecule has 0 unspecified atom stereocenters. The van der Waals surface area contributed by atoms with E-state index in [4.69, 9.17) is 24.2 Å². The number of ether oxygens (including phenoxy) is 3. The molecule has 0 radical (unpaired) electrons. The molecular weight excluding hydrogens is 915 g/mol. The number of carbonyl (C=O) groups excluding carboxylic acids is 1. The van der Waals surface area contributed by atoms with E-state index in [0.717, 1.165) is 102 Å². The van der Waals surface area contributed by atoms with Gasteiger partial charge in [0, 0.05) is 27.9 Å². The molecular formula is C65H69N5O4. The summed E-state index contributed by atoms with van der Waals surface area (Å²) in [5.41, 5.74) is 13.2. The van der Waals surface area contributed by atoms with E-state index in [1.807, 2.05) is 66.9 Å². The van der Waals surface area contributed by atoms with Crippen LogP contribution in [0.4, 0.5) is 0 Å². The lowest BCUT2D eigenvalue weighted by atomic mass is 9.79. The number of aryl methyl sites for hydroxylation is 2. The highest BCUT2D eigenvalue weighted by molar-refractivity contribution is 5.90. The molecule has 4 aliphatic rings. The SMILES string of the molecule is COC(=O)c1cc(C#Cc2ccccc2)cc(-n2cc(-c3cc(C(C)(C)C)cc(C(C)(C)C)c3)nn2)c1.c1cc2nc(c1)-c1cccc(n1)-c1ccc(cc1)OCCCCCCCCOc1ccc(cc1)CCC2. The van der Waals surface area contributed by atoms with Crippen LogP contribution in [0.2, 0.25) is 0 Å². The van der Waals surface area contributed by atoms with Crippen LogP contribution in [-0.2, 0) is 28.4 Å². The minimum Gasteiger partial charge on any atom is -0.494 e. The fraction of sp³-hybridized carbons (Fsp3) is 0.308. The third-order valence-corrected chi connectivity index (χ3v) is 13.0. The second-order valence-corrected chi connectivity index (χ2v) is 21.0. The second-order valence-electron chi connectivity index (χ2n) is 21.0. The normalized spacial score (nSPS) is 13.4. The van der Waals surface area contributed by atoms with Gasteiger partial charge in [-0.15, -0.1) is 5.10 Å². The van der Waals surface area contributed by atoms with Crippen LogP contribution in [0.25, 0.3) is 39.6 Å². The van der Waals surface area contributed by atoms with Crippen molar-refractivity contribution in [1.82, 2.24) is 25.0 Å². The van der Waals surface area contributed by atoms with Gasteiger partial charge >= 0.3 is 5.97 Å². The Hall–Kier alpha value is -7.83. The first-order chi connectivity index (χ1) is 35.8. The fourth-order valence-electron chi connectivity index (χ4n) is 8.62. The standard InChI is InChI=1S/C33H36N2O2.C32H33N3O2/c1-2-4-6-25-37-30-22-18-27(19-23-30)31-13-9-15-33(35-31)32-14-8-12-28(34-32)11-7-10-26-16-20-29(21-17-26)36-24-5-3-1;1-31(2,3)26-17-24(18-27(20-26)32(4,5)6)29-21-35(34-33-29)28-16-23(15-25(19-28)30(36)37-7)14-13-22-11-9-8-10-12-22/h8-9,12-23H,1-7,10-11,24-25H2;8-12,15-21H,1-7H3. The molecule has 0 N–H and O–H groups in total. The Morgan fingerprint density at radius 3 is 1.78 bits per heavy atom. The van der Waals surface area contributed by atoms with Gasteiger partial charge in [-0.25, -0.2) is 14.5 Å². The molecule has 4 aliphatic heterocycles. The van der Waals surface area contributed by atoms with Gasteiger partial charge in [-0.05, 0) is 163 Å². The lowest BCUT2D eigenvalue weighted by Gasteiger charge is -2.26. The number of hydrogen-bond acceptors (Lipinski definition) is 8. The van der Waals surface area contributed by atoms with E-state index < -0.39 is 5.97 Å². The topological polar surface area (TPSA) is 101 Å². The second kappa shape index (κ2) is 24.7. The molecule has 9 heteroatoms. The van der Waals surface area contributed by atoms with Crippen molar-refractivity contribution in [2.45, 2.75) is 110 Å². The highest BCUT2D eigenvalue weighted by Crippen LogP contribution is 2.34. The molecule has 0 spiro atoms. The van der Waals surface area contributed by atoms with Crippen LogP contribution in [0.5, 0.6) is 11.5 Å². The summed E-state index contributed by atoms with van der Waals surface area (Å²) < 4.78 is 18.6. The maximum Gasteiger partial charge on any atom is 0.337 e. The first-order valence-corrected chi connectivity index (χ1v) is 26.1. The molecule has 3 aromatic heterocycles. The summed E-state index contributed by atoms with van der Waals surface area (Å²) in [5, 5.41) is 8.89. The Morgan fingerprint density at radius 1 is 0.541 bits per heavy atom. The van der Waals surface area contributed by atoms with Crippen molar-refractivity contribution in [3.05, 3.63) is 197 Å². The van der Waals surface area contributed by atoms with Gasteiger partial charge in [0.25, 0.3) is 0 Å². The molecule has 8 aromatic rings. The molecule has 5 aromatic carbocycles. The number of methoxy groups -OCH3 is 1. The van der Waals surface area contributed by atoms with Gasteiger partial charge in [-0.1, -0.05) is 133 Å². The first-order valence-electron chi connectivity index (χ1n) is 26.1. The summed E-state index contributed by atoms with van der Waals surface area (Å²) in [6, 6.07) is 51.0. The Kier molecular flexibility index (Phi) is 17.5. The smallest absolute Gasteiger partial charge is 0.337 e. The number of esters is 1. The van der Waals surface area contributed by atoms with Crippen molar-refractivity contribution in [2.75, 3.05) is 20.3 Å². The van der Waals surface area contributed by atoms with Gasteiger partial charge in [-0.3, -0.25) is 4.98 Å². The van der Waals surface area contributed by atoms with Crippen molar-refractivity contribution in [3.63, 3.8) is 0 Å². The van der Waals surface area contributed by atoms with Crippen molar-refractivity contribution in [1.29, 1.82) is 0 Å². The molecule has 0 fully saturated rings. The Labute approximate surface area is 438 Å². The van der Waals surface area contributed by atoms with E-state index in [0.29, 0.717) is 16.8 Å². The monoisotopic (exact) mass is 984 g/mol. The number of carbonyl (C=O) groups is 1. The van der Waals surface area contributed by atoms with E-state index >= 15 is 0 Å². The van der Waals surface area contributed by atoms with Gasteiger partial charge in [0.1, 0.15) is 17.2 Å². The number of pyridine rings is 2. The van der Waals surface area contributed by atoms with Crippen LogP contribution in [0.1, 0.15) is 130 Å². The molecule has 0 saturated carbocycles. The van der Waals surface area contributed by atoms with E-state index in [-0.39, 0.29) is 10.8 Å². The molecule has 74 heavy (non-hydrogen) atoms. The summed E-state index contributed by atoms with van der Waals surface area (Å²) in [6.45, 7) is 14.8. The van der Waals surface area contributed by atoms with Gasteiger partial charge in [0.15, 0.2) is 0 Å². The molecule has 0 atom stereocenters. The van der Waals surface area contributed by atoms with E-state index in [1.165, 1.54) is 49.5 Å². The van der Waals surface area contributed by atoms with Crippen molar-refractivity contribution < 1.29 is 19.0 Å². The number of hydrogen-bond donors (Lipinski definition) is 0. The van der Waals surface area contributed by atoms with Gasteiger partial charge < -0.3 is 14.2 Å².